The summed E-state index contributed by atoms with van der Waals surface area (Å²) in [5.74, 6) is -1.04. The Bertz CT molecular complexity index is 1120. The summed E-state index contributed by atoms with van der Waals surface area (Å²) in [7, 11) is 1.22. The van der Waals surface area contributed by atoms with E-state index >= 15 is 0 Å². The quantitative estimate of drug-likeness (QED) is 0.262. The highest BCUT2D eigenvalue weighted by Crippen LogP contribution is 2.35. The van der Waals surface area contributed by atoms with Crippen molar-refractivity contribution in [3.05, 3.63) is 51.5 Å². The molecule has 0 radical (unpaired) electrons. The third-order valence-electron chi connectivity index (χ3n) is 4.24. The summed E-state index contributed by atoms with van der Waals surface area (Å²) >= 11 is 3.37. The average molecular weight is 507 g/mol. The van der Waals surface area contributed by atoms with Gasteiger partial charge in [-0.05, 0) is 42.8 Å². The van der Waals surface area contributed by atoms with E-state index in [0.717, 1.165) is 4.90 Å². The normalized spacial score (nSPS) is 14.5. The molecule has 10 nitrogen and oxygen atoms in total. The summed E-state index contributed by atoms with van der Waals surface area (Å²) in [5.41, 5.74) is 0.541. The minimum atomic E-state index is -0.666. The first kappa shape index (κ1) is 23.1. The van der Waals surface area contributed by atoms with Crippen LogP contribution in [0.15, 0.2) is 38.9 Å². The van der Waals surface area contributed by atoms with E-state index in [1.807, 2.05) is 0 Å². The summed E-state index contributed by atoms with van der Waals surface area (Å²) in [6.07, 6.45) is 1.46. The molecular weight excluding hydrogens is 488 g/mol. The number of ether oxygens (including phenoxy) is 3. The van der Waals surface area contributed by atoms with E-state index in [9.17, 15) is 19.2 Å². The van der Waals surface area contributed by atoms with Crippen LogP contribution in [0, 0.1) is 0 Å². The molecule has 1 aliphatic heterocycles. The average Bonchev–Trinajstić information content (AvgIpc) is 3.31. The smallest absolute Gasteiger partial charge is 0.373 e. The molecule has 2 heterocycles. The molecule has 0 saturated carbocycles. The van der Waals surface area contributed by atoms with Crippen LogP contribution < -0.4 is 14.8 Å². The molecule has 0 unspecified atom stereocenters. The molecule has 1 N–H and O–H groups in total. The van der Waals surface area contributed by atoms with Crippen LogP contribution in [0.25, 0.3) is 6.08 Å². The van der Waals surface area contributed by atoms with Crippen molar-refractivity contribution in [1.29, 1.82) is 0 Å². The second kappa shape index (κ2) is 9.69. The van der Waals surface area contributed by atoms with Crippen LogP contribution in [0.1, 0.15) is 35.7 Å². The maximum absolute atomic E-state index is 12.8. The van der Waals surface area contributed by atoms with Gasteiger partial charge in [0.1, 0.15) is 11.5 Å². The van der Waals surface area contributed by atoms with Crippen LogP contribution in [-0.2, 0) is 20.9 Å². The highest BCUT2D eigenvalue weighted by molar-refractivity contribution is 9.10. The lowest BCUT2D eigenvalue weighted by Gasteiger charge is -2.12. The minimum absolute atomic E-state index is 0.0260. The summed E-state index contributed by atoms with van der Waals surface area (Å²) in [4.78, 5) is 48.9. The lowest BCUT2D eigenvalue weighted by atomic mass is 10.1. The van der Waals surface area contributed by atoms with Crippen LogP contribution in [0.2, 0.25) is 0 Å². The number of nitrogens with one attached hydrogen (secondary N) is 1. The molecule has 3 amide bonds. The number of rotatable bonds is 7. The van der Waals surface area contributed by atoms with E-state index in [2.05, 4.69) is 26.0 Å². The van der Waals surface area contributed by atoms with Gasteiger partial charge < -0.3 is 23.9 Å². The number of benzene rings is 1. The summed E-state index contributed by atoms with van der Waals surface area (Å²) < 4.78 is 21.1. The van der Waals surface area contributed by atoms with Crippen molar-refractivity contribution in [2.75, 3.05) is 13.7 Å². The number of methoxy groups -OCH3 is 1. The van der Waals surface area contributed by atoms with Gasteiger partial charge in [0.25, 0.3) is 5.91 Å². The number of imide groups is 1. The molecule has 1 saturated heterocycles. The van der Waals surface area contributed by atoms with E-state index in [0.29, 0.717) is 22.4 Å². The molecule has 1 fully saturated rings. The van der Waals surface area contributed by atoms with Crippen molar-refractivity contribution in [3.8, 4) is 11.5 Å². The molecule has 3 rings (SSSR count). The maximum atomic E-state index is 12.8. The number of carbonyl (C=O) groups is 4. The van der Waals surface area contributed by atoms with Crippen LogP contribution in [0.4, 0.5) is 4.79 Å². The van der Waals surface area contributed by atoms with E-state index in [4.69, 9.17) is 13.9 Å². The molecule has 0 atom stereocenters. The molecule has 1 aromatic carbocycles. The monoisotopic (exact) mass is 506 g/mol. The molecule has 0 aliphatic carbocycles. The number of hydrogen-bond acceptors (Lipinski definition) is 8. The van der Waals surface area contributed by atoms with Gasteiger partial charge in [0.2, 0.25) is 5.76 Å². The van der Waals surface area contributed by atoms with Crippen LogP contribution >= 0.6 is 15.9 Å². The van der Waals surface area contributed by atoms with Crippen LogP contribution in [0.5, 0.6) is 11.5 Å². The van der Waals surface area contributed by atoms with Crippen molar-refractivity contribution >= 4 is 45.9 Å². The first-order valence-corrected chi connectivity index (χ1v) is 10.2. The van der Waals surface area contributed by atoms with Gasteiger partial charge in [-0.3, -0.25) is 14.5 Å². The van der Waals surface area contributed by atoms with Crippen molar-refractivity contribution in [2.24, 2.45) is 0 Å². The zero-order chi connectivity index (χ0) is 23.4. The largest absolute Gasteiger partial charge is 0.490 e. The predicted molar refractivity (Wildman–Crippen MR) is 114 cm³/mol. The van der Waals surface area contributed by atoms with Gasteiger partial charge in [-0.1, -0.05) is 15.9 Å². The molecule has 168 valence electrons. The Kier molecular flexibility index (Phi) is 6.98. The van der Waals surface area contributed by atoms with E-state index < -0.39 is 23.9 Å². The van der Waals surface area contributed by atoms with Gasteiger partial charge in [-0.2, -0.15) is 0 Å². The zero-order valence-electron chi connectivity index (χ0n) is 17.4. The minimum Gasteiger partial charge on any atom is -0.490 e. The third kappa shape index (κ3) is 4.99. The van der Waals surface area contributed by atoms with Gasteiger partial charge in [-0.15, -0.1) is 0 Å². The van der Waals surface area contributed by atoms with Gasteiger partial charge in [-0.25, -0.2) is 9.59 Å². The second-order valence-corrected chi connectivity index (χ2v) is 7.34. The highest BCUT2D eigenvalue weighted by atomic mass is 79.9. The Hall–Kier alpha value is -3.60. The number of esters is 2. The summed E-state index contributed by atoms with van der Waals surface area (Å²) in [5, 5.41) is 2.51. The molecule has 0 spiro atoms. The molecule has 32 heavy (non-hydrogen) atoms. The van der Waals surface area contributed by atoms with E-state index in [-0.39, 0.29) is 29.5 Å². The lowest BCUT2D eigenvalue weighted by Crippen LogP contribution is -2.30. The number of carbonyl (C=O) groups excluding carboxylic acids is 4. The Morgan fingerprint density at radius 2 is 1.97 bits per heavy atom. The summed E-state index contributed by atoms with van der Waals surface area (Å²) in [6.45, 7) is 3.20. The fourth-order valence-corrected chi connectivity index (χ4v) is 3.30. The van der Waals surface area contributed by atoms with Gasteiger partial charge in [0.05, 0.1) is 20.3 Å². The fourth-order valence-electron chi connectivity index (χ4n) is 2.86. The van der Waals surface area contributed by atoms with Crippen molar-refractivity contribution in [2.45, 2.75) is 20.4 Å². The highest BCUT2D eigenvalue weighted by Gasteiger charge is 2.34. The van der Waals surface area contributed by atoms with Crippen molar-refractivity contribution in [1.82, 2.24) is 10.2 Å². The van der Waals surface area contributed by atoms with Crippen molar-refractivity contribution < 1.29 is 37.8 Å². The molecule has 2 aromatic rings. The summed E-state index contributed by atoms with van der Waals surface area (Å²) in [6, 6.07) is 5.35. The van der Waals surface area contributed by atoms with E-state index in [1.54, 1.807) is 13.0 Å². The van der Waals surface area contributed by atoms with Crippen molar-refractivity contribution in [3.63, 3.8) is 0 Å². The lowest BCUT2D eigenvalue weighted by molar-refractivity contribution is -0.132. The molecule has 1 aliphatic rings. The maximum Gasteiger partial charge on any atom is 0.373 e. The topological polar surface area (TPSA) is 124 Å². The van der Waals surface area contributed by atoms with Gasteiger partial charge in [0, 0.05) is 11.4 Å². The number of amides is 3. The molecule has 0 bridgehead atoms. The first-order chi connectivity index (χ1) is 15.2. The number of hydrogen-bond donors (Lipinski definition) is 1. The van der Waals surface area contributed by atoms with Gasteiger partial charge >= 0.3 is 18.0 Å². The molecule has 1 aromatic heterocycles. The SMILES string of the molecule is CCOc1cc(/C=C2\NC(=O)N(Cc3ccc(C(=O)OC)o3)C2=O)c(Br)cc1OC(C)=O. The predicted octanol–water partition coefficient (Wildman–Crippen LogP) is 3.25. The Morgan fingerprint density at radius 1 is 1.22 bits per heavy atom. The van der Waals surface area contributed by atoms with Crippen LogP contribution in [0.3, 0.4) is 0 Å². The zero-order valence-corrected chi connectivity index (χ0v) is 19.0. The second-order valence-electron chi connectivity index (χ2n) is 6.48. The Morgan fingerprint density at radius 3 is 2.62 bits per heavy atom. The molecular formula is C21H19BrN2O8. The first-order valence-electron chi connectivity index (χ1n) is 9.39. The van der Waals surface area contributed by atoms with Crippen LogP contribution in [-0.4, -0.2) is 42.5 Å². The van der Waals surface area contributed by atoms with E-state index in [1.165, 1.54) is 38.3 Å². The molecule has 11 heteroatoms. The number of furan rings is 1. The fraction of sp³-hybridized carbons (Fsp3) is 0.238. The third-order valence-corrected chi connectivity index (χ3v) is 4.93. The number of halogens is 1. The number of urea groups is 1. The van der Waals surface area contributed by atoms with Gasteiger partial charge in [0.15, 0.2) is 11.5 Å². The Balaban J connectivity index is 1.85. The Labute approximate surface area is 191 Å². The standard InChI is InChI=1S/C21H19BrN2O8/c1-4-30-17-8-12(14(22)9-18(17)31-11(2)25)7-15-19(26)24(21(28)23-15)10-13-5-6-16(32-13)20(27)29-3/h5-9H,4,10H2,1-3H3,(H,23,28)/b15-7-. The number of nitrogens with zero attached hydrogens (tertiary/aromatic N) is 1.